The van der Waals surface area contributed by atoms with Crippen LogP contribution in [0, 0.1) is 23.2 Å². The van der Waals surface area contributed by atoms with Crippen molar-refractivity contribution in [3.8, 4) is 11.5 Å². The molecule has 33 heavy (non-hydrogen) atoms. The summed E-state index contributed by atoms with van der Waals surface area (Å²) >= 11 is 12.8. The third-order valence-electron chi connectivity index (χ3n) is 7.72. The number of halogens is 2. The van der Waals surface area contributed by atoms with E-state index in [0.717, 1.165) is 12.8 Å². The second-order valence-corrected chi connectivity index (χ2v) is 10.7. The topological polar surface area (TPSA) is 49.8 Å². The molecule has 182 valence electrons. The summed E-state index contributed by atoms with van der Waals surface area (Å²) in [5.41, 5.74) is -0.888. The molecule has 0 spiro atoms. The van der Waals surface area contributed by atoms with Crippen molar-refractivity contribution < 1.29 is 14.7 Å². The number of amides is 1. The number of para-hydroxylation sites is 1. The van der Waals surface area contributed by atoms with Gasteiger partial charge in [-0.15, -0.1) is 5.06 Å². The van der Waals surface area contributed by atoms with Crippen LogP contribution in [0.25, 0.3) is 0 Å². The van der Waals surface area contributed by atoms with Gasteiger partial charge in [-0.25, -0.2) is 0 Å². The second-order valence-electron chi connectivity index (χ2n) is 9.90. The number of nitrogens with zero attached hydrogens (tertiary/aromatic N) is 1. The van der Waals surface area contributed by atoms with Crippen molar-refractivity contribution >= 4 is 34.8 Å². The number of anilines is 1. The van der Waals surface area contributed by atoms with E-state index < -0.39 is 5.41 Å². The average Bonchev–Trinajstić information content (AvgIpc) is 2.79. The van der Waals surface area contributed by atoms with Crippen molar-refractivity contribution in [3.63, 3.8) is 0 Å². The molecule has 0 saturated carbocycles. The summed E-state index contributed by atoms with van der Waals surface area (Å²) < 4.78 is 0. The molecule has 0 aliphatic carbocycles. The maximum atomic E-state index is 14.7. The summed E-state index contributed by atoms with van der Waals surface area (Å²) in [6.45, 7) is 16.5. The van der Waals surface area contributed by atoms with Crippen LogP contribution in [0.4, 0.5) is 5.69 Å². The van der Waals surface area contributed by atoms with Gasteiger partial charge in [0.1, 0.15) is 5.69 Å². The lowest BCUT2D eigenvalue weighted by Gasteiger charge is -2.55. The van der Waals surface area contributed by atoms with E-state index in [-0.39, 0.29) is 33.2 Å². The first-order valence-corrected chi connectivity index (χ1v) is 12.3. The molecule has 2 aromatic rings. The Kier molecular flexibility index (Phi) is 8.41. The van der Waals surface area contributed by atoms with E-state index in [2.05, 4.69) is 41.5 Å². The molecule has 0 atom stereocenters. The van der Waals surface area contributed by atoms with Gasteiger partial charge in [-0.2, -0.15) is 0 Å². The van der Waals surface area contributed by atoms with E-state index in [9.17, 15) is 9.90 Å². The molecule has 4 nitrogen and oxygen atoms in total. The Labute approximate surface area is 208 Å². The maximum absolute atomic E-state index is 14.7. The summed E-state index contributed by atoms with van der Waals surface area (Å²) in [5, 5.41) is 12.6. The number of benzene rings is 2. The van der Waals surface area contributed by atoms with E-state index in [1.807, 2.05) is 25.1 Å². The van der Waals surface area contributed by atoms with Crippen LogP contribution in [-0.4, -0.2) is 11.0 Å². The van der Waals surface area contributed by atoms with Gasteiger partial charge in [-0.05, 0) is 60.8 Å². The van der Waals surface area contributed by atoms with Gasteiger partial charge < -0.3 is 9.94 Å². The zero-order valence-electron chi connectivity index (χ0n) is 21.1. The van der Waals surface area contributed by atoms with Gasteiger partial charge in [-0.3, -0.25) is 4.79 Å². The second kappa shape index (κ2) is 10.1. The largest absolute Gasteiger partial charge is 0.504 e. The first-order chi connectivity index (χ1) is 15.3. The predicted octanol–water partition coefficient (Wildman–Crippen LogP) is 8.60. The zero-order valence-corrected chi connectivity index (χ0v) is 22.6. The first-order valence-electron chi connectivity index (χ1n) is 11.6. The fourth-order valence-electron chi connectivity index (χ4n) is 5.01. The lowest BCUT2D eigenvalue weighted by molar-refractivity contribution is -0.155. The zero-order chi connectivity index (χ0) is 25.2. The number of hydrogen-bond donors (Lipinski definition) is 1. The number of hydroxylamine groups is 1. The maximum Gasteiger partial charge on any atom is 0.267 e. The molecule has 0 heterocycles. The molecule has 0 radical (unpaired) electrons. The molecule has 2 aromatic carbocycles. The van der Waals surface area contributed by atoms with E-state index >= 15 is 0 Å². The number of carbonyl (C=O) groups excluding carboxylic acids is 1. The minimum absolute atomic E-state index is 0.0959. The van der Waals surface area contributed by atoms with Gasteiger partial charge >= 0.3 is 0 Å². The monoisotopic (exact) mass is 493 g/mol. The highest BCUT2D eigenvalue weighted by molar-refractivity contribution is 6.37. The van der Waals surface area contributed by atoms with Crippen LogP contribution in [0.1, 0.15) is 73.3 Å². The highest BCUT2D eigenvalue weighted by Gasteiger charge is 2.59. The number of hydrogen-bond acceptors (Lipinski definition) is 3. The van der Waals surface area contributed by atoms with Gasteiger partial charge in [0.25, 0.3) is 5.91 Å². The molecule has 2 rings (SSSR count). The van der Waals surface area contributed by atoms with Crippen LogP contribution in [0.15, 0.2) is 36.4 Å². The van der Waals surface area contributed by atoms with Crippen LogP contribution >= 0.6 is 23.2 Å². The van der Waals surface area contributed by atoms with Crippen molar-refractivity contribution in [1.82, 2.24) is 0 Å². The predicted molar refractivity (Wildman–Crippen MR) is 138 cm³/mol. The van der Waals surface area contributed by atoms with E-state index in [1.165, 1.54) is 11.1 Å². The third kappa shape index (κ3) is 4.70. The first kappa shape index (κ1) is 27.3. The Morgan fingerprint density at radius 1 is 0.970 bits per heavy atom. The quantitative estimate of drug-likeness (QED) is 0.355. The van der Waals surface area contributed by atoms with Gasteiger partial charge in [0.15, 0.2) is 11.5 Å². The minimum Gasteiger partial charge on any atom is -0.504 e. The summed E-state index contributed by atoms with van der Waals surface area (Å²) in [5.74, 6) is -0.0121. The Morgan fingerprint density at radius 3 is 1.94 bits per heavy atom. The van der Waals surface area contributed by atoms with Gasteiger partial charge in [0.05, 0.1) is 10.4 Å². The van der Waals surface area contributed by atoms with E-state index in [4.69, 9.17) is 28.0 Å². The number of carbonyl (C=O) groups is 1. The van der Waals surface area contributed by atoms with E-state index in [1.54, 1.807) is 19.1 Å². The number of phenolic OH excluding ortho intramolecular Hbond substituents is 1. The normalized spacial score (nSPS) is 12.5. The summed E-state index contributed by atoms with van der Waals surface area (Å²) in [6.07, 6.45) is 2.17. The Balaban J connectivity index is 2.86. The third-order valence-corrected chi connectivity index (χ3v) is 8.57. The average molecular weight is 495 g/mol. The standard InChI is InChI=1S/C27H37Cl2NO3/c1-9-25(5,6)27(11-3,26(7,8)10-2)24(32)30(33-19-15-13-12-14-16-19)21-17-20(28)18(4)22(29)23(21)31/h12-17,31H,9-11H2,1-8H3. The molecule has 6 heteroatoms. The molecule has 0 aliphatic rings. The van der Waals surface area contributed by atoms with Crippen LogP contribution in [0.2, 0.25) is 10.0 Å². The van der Waals surface area contributed by atoms with Gasteiger partial charge in [0.2, 0.25) is 0 Å². The molecule has 1 N–H and O–H groups in total. The van der Waals surface area contributed by atoms with Crippen molar-refractivity contribution in [2.45, 2.75) is 74.7 Å². The molecule has 0 aliphatic heterocycles. The lowest BCUT2D eigenvalue weighted by Crippen LogP contribution is -2.59. The molecular weight excluding hydrogens is 457 g/mol. The molecule has 0 aromatic heterocycles. The molecule has 0 bridgehead atoms. The fourth-order valence-corrected chi connectivity index (χ4v) is 5.46. The van der Waals surface area contributed by atoms with Crippen LogP contribution in [0.3, 0.4) is 0 Å². The van der Waals surface area contributed by atoms with Gasteiger partial charge in [-0.1, -0.05) is 89.9 Å². The number of phenols is 1. The highest BCUT2D eigenvalue weighted by atomic mass is 35.5. The minimum atomic E-state index is -0.811. The summed E-state index contributed by atoms with van der Waals surface area (Å²) in [7, 11) is 0. The highest BCUT2D eigenvalue weighted by Crippen LogP contribution is 2.59. The molecular formula is C27H37Cl2NO3. The molecule has 0 fully saturated rings. The summed E-state index contributed by atoms with van der Waals surface area (Å²) in [6, 6.07) is 10.6. The SMILES string of the molecule is CCC(C)(C)C(CC)(C(=O)N(Oc1ccccc1)c1cc(Cl)c(C)c(Cl)c1O)C(C)(C)CC. The molecule has 0 unspecified atom stereocenters. The lowest BCUT2D eigenvalue weighted by atomic mass is 9.49. The van der Waals surface area contributed by atoms with Gasteiger partial charge in [0, 0.05) is 5.02 Å². The summed E-state index contributed by atoms with van der Waals surface area (Å²) in [4.78, 5) is 20.9. The van der Waals surface area contributed by atoms with Crippen LogP contribution < -0.4 is 9.90 Å². The smallest absolute Gasteiger partial charge is 0.267 e. The Hall–Kier alpha value is -1.91. The fraction of sp³-hybridized carbons (Fsp3) is 0.519. The molecule has 0 saturated heterocycles. The van der Waals surface area contributed by atoms with Crippen molar-refractivity contribution in [2.24, 2.45) is 16.2 Å². The molecule has 1 amide bonds. The van der Waals surface area contributed by atoms with Crippen LogP contribution in [0.5, 0.6) is 11.5 Å². The van der Waals surface area contributed by atoms with Crippen molar-refractivity contribution in [1.29, 1.82) is 0 Å². The Morgan fingerprint density at radius 2 is 1.48 bits per heavy atom. The number of aromatic hydroxyl groups is 1. The van der Waals surface area contributed by atoms with Crippen LogP contribution in [-0.2, 0) is 4.79 Å². The Bertz CT molecular complexity index is 971. The van der Waals surface area contributed by atoms with E-state index in [0.29, 0.717) is 22.8 Å². The number of rotatable bonds is 9. The van der Waals surface area contributed by atoms with Crippen molar-refractivity contribution in [3.05, 3.63) is 52.0 Å². The van der Waals surface area contributed by atoms with Crippen molar-refractivity contribution in [2.75, 3.05) is 5.06 Å².